The maximum atomic E-state index is 12.1. The van der Waals surface area contributed by atoms with Crippen molar-refractivity contribution in [1.82, 2.24) is 19.8 Å². The molecular formula is C18H14ClN5O2S. The Kier molecular flexibility index (Phi) is 4.74. The van der Waals surface area contributed by atoms with Crippen molar-refractivity contribution in [3.05, 3.63) is 59.1 Å². The molecule has 4 rings (SSSR count). The molecule has 0 fully saturated rings. The molecule has 9 heteroatoms. The van der Waals surface area contributed by atoms with Crippen LogP contribution in [0.5, 0.6) is 5.75 Å². The molecule has 2 heterocycles. The summed E-state index contributed by atoms with van der Waals surface area (Å²) in [6.07, 6.45) is 0. The zero-order chi connectivity index (χ0) is 18.8. The summed E-state index contributed by atoms with van der Waals surface area (Å²) in [6.45, 7) is 1.88. The highest BCUT2D eigenvalue weighted by atomic mass is 35.5. The van der Waals surface area contributed by atoms with Crippen LogP contribution in [-0.4, -0.2) is 32.3 Å². The van der Waals surface area contributed by atoms with Crippen LogP contribution in [0.2, 0.25) is 5.02 Å². The van der Waals surface area contributed by atoms with E-state index in [2.05, 4.69) is 20.6 Å². The maximum absolute atomic E-state index is 12.1. The first-order valence-corrected chi connectivity index (χ1v) is 9.25. The molecule has 0 saturated heterocycles. The maximum Gasteiger partial charge on any atom is 0.264 e. The number of nitrogens with zero attached hydrogens (tertiary/aromatic N) is 4. The van der Waals surface area contributed by atoms with Crippen molar-refractivity contribution in [3.8, 4) is 17.1 Å². The lowest BCUT2D eigenvalue weighted by Crippen LogP contribution is -2.20. The highest BCUT2D eigenvalue weighted by Gasteiger charge is 2.15. The van der Waals surface area contributed by atoms with Gasteiger partial charge in [0.25, 0.3) is 5.91 Å². The number of carbonyl (C=O) groups is 1. The summed E-state index contributed by atoms with van der Waals surface area (Å²) in [5.41, 5.74) is 2.03. The number of nitrogens with one attached hydrogen (secondary N) is 1. The van der Waals surface area contributed by atoms with E-state index in [4.69, 9.17) is 16.3 Å². The van der Waals surface area contributed by atoms with E-state index in [9.17, 15) is 4.79 Å². The molecule has 136 valence electrons. The van der Waals surface area contributed by atoms with Gasteiger partial charge in [-0.2, -0.15) is 4.52 Å². The number of halogens is 1. The number of ether oxygens (including phenoxy) is 1. The van der Waals surface area contributed by atoms with Gasteiger partial charge < -0.3 is 4.74 Å². The molecule has 1 N–H and O–H groups in total. The third-order valence-corrected chi connectivity index (χ3v) is 4.76. The van der Waals surface area contributed by atoms with Crippen LogP contribution in [0.15, 0.2) is 48.5 Å². The molecule has 0 atom stereocenters. The SMILES string of the molecule is Cc1cccc(-c2nnc3sc(NC(=O)COc4ccc(Cl)cc4)nn23)c1. The minimum absolute atomic E-state index is 0.132. The van der Waals surface area contributed by atoms with E-state index in [1.54, 1.807) is 28.8 Å². The third-order valence-electron chi connectivity index (χ3n) is 3.70. The van der Waals surface area contributed by atoms with Gasteiger partial charge in [0.1, 0.15) is 5.75 Å². The van der Waals surface area contributed by atoms with Gasteiger partial charge in [-0.3, -0.25) is 10.1 Å². The van der Waals surface area contributed by atoms with Crippen LogP contribution in [0.3, 0.4) is 0 Å². The average molecular weight is 400 g/mol. The second-order valence-electron chi connectivity index (χ2n) is 5.79. The average Bonchev–Trinajstić information content (AvgIpc) is 3.21. The quantitative estimate of drug-likeness (QED) is 0.551. The number of carbonyl (C=O) groups excluding carboxylic acids is 1. The zero-order valence-corrected chi connectivity index (χ0v) is 15.8. The van der Waals surface area contributed by atoms with Gasteiger partial charge in [0.05, 0.1) is 0 Å². The Morgan fingerprint density at radius 3 is 2.81 bits per heavy atom. The normalized spacial score (nSPS) is 10.9. The Morgan fingerprint density at radius 2 is 2.04 bits per heavy atom. The van der Waals surface area contributed by atoms with Gasteiger partial charge in [-0.05, 0) is 37.3 Å². The second-order valence-corrected chi connectivity index (χ2v) is 7.18. The molecule has 4 aromatic rings. The molecule has 27 heavy (non-hydrogen) atoms. The van der Waals surface area contributed by atoms with Gasteiger partial charge in [-0.15, -0.1) is 15.3 Å². The molecule has 7 nitrogen and oxygen atoms in total. The lowest BCUT2D eigenvalue weighted by molar-refractivity contribution is -0.118. The Bertz CT molecular complexity index is 1110. The number of aromatic nitrogens is 4. The summed E-state index contributed by atoms with van der Waals surface area (Å²) >= 11 is 7.06. The largest absolute Gasteiger partial charge is 0.484 e. The van der Waals surface area contributed by atoms with Crippen molar-refractivity contribution in [2.24, 2.45) is 0 Å². The molecule has 2 aromatic heterocycles. The van der Waals surface area contributed by atoms with Gasteiger partial charge in [-0.1, -0.05) is 46.7 Å². The Balaban J connectivity index is 1.46. The number of benzene rings is 2. The van der Waals surface area contributed by atoms with Gasteiger partial charge in [0.15, 0.2) is 12.4 Å². The van der Waals surface area contributed by atoms with Gasteiger partial charge >= 0.3 is 0 Å². The minimum atomic E-state index is -0.313. The van der Waals surface area contributed by atoms with Gasteiger partial charge in [-0.25, -0.2) is 0 Å². The van der Waals surface area contributed by atoms with E-state index in [1.165, 1.54) is 11.3 Å². The van der Waals surface area contributed by atoms with Crippen LogP contribution in [0, 0.1) is 6.92 Å². The number of fused-ring (bicyclic) bond motifs is 1. The monoisotopic (exact) mass is 399 g/mol. The van der Waals surface area contributed by atoms with Crippen LogP contribution in [0.25, 0.3) is 16.3 Å². The first-order chi connectivity index (χ1) is 13.1. The van der Waals surface area contributed by atoms with Crippen molar-refractivity contribution in [3.63, 3.8) is 0 Å². The van der Waals surface area contributed by atoms with E-state index >= 15 is 0 Å². The van der Waals surface area contributed by atoms with Crippen molar-refractivity contribution < 1.29 is 9.53 Å². The lowest BCUT2D eigenvalue weighted by Gasteiger charge is -2.05. The minimum Gasteiger partial charge on any atom is -0.484 e. The molecule has 0 radical (unpaired) electrons. The van der Waals surface area contributed by atoms with Crippen molar-refractivity contribution in [1.29, 1.82) is 0 Å². The fourth-order valence-corrected chi connectivity index (χ4v) is 3.35. The molecule has 0 aliphatic carbocycles. The van der Waals surface area contributed by atoms with Crippen molar-refractivity contribution in [2.45, 2.75) is 6.92 Å². The summed E-state index contributed by atoms with van der Waals surface area (Å²) < 4.78 is 7.05. The van der Waals surface area contributed by atoms with Crippen LogP contribution in [0.1, 0.15) is 5.56 Å². The molecule has 0 spiro atoms. The molecule has 0 saturated carbocycles. The number of hydrogen-bond donors (Lipinski definition) is 1. The topological polar surface area (TPSA) is 81.4 Å². The number of anilines is 1. The first-order valence-electron chi connectivity index (χ1n) is 8.06. The Labute approximate surface area is 163 Å². The smallest absolute Gasteiger partial charge is 0.264 e. The zero-order valence-electron chi connectivity index (χ0n) is 14.2. The van der Waals surface area contributed by atoms with Crippen LogP contribution < -0.4 is 10.1 Å². The molecule has 0 unspecified atom stereocenters. The predicted molar refractivity (Wildman–Crippen MR) is 104 cm³/mol. The molecule has 0 aliphatic rings. The highest BCUT2D eigenvalue weighted by Crippen LogP contribution is 2.24. The first kappa shape index (κ1) is 17.4. The molecule has 0 bridgehead atoms. The summed E-state index contributed by atoms with van der Waals surface area (Å²) in [5.74, 6) is 0.879. The molecule has 2 aromatic carbocycles. The summed E-state index contributed by atoms with van der Waals surface area (Å²) in [5, 5.41) is 16.5. The van der Waals surface area contributed by atoms with Crippen molar-refractivity contribution in [2.75, 3.05) is 11.9 Å². The van der Waals surface area contributed by atoms with Crippen LogP contribution >= 0.6 is 22.9 Å². The van der Waals surface area contributed by atoms with E-state index in [0.29, 0.717) is 26.7 Å². The van der Waals surface area contributed by atoms with E-state index in [0.717, 1.165) is 11.1 Å². The van der Waals surface area contributed by atoms with Gasteiger partial charge in [0.2, 0.25) is 10.1 Å². The third kappa shape index (κ3) is 3.91. The van der Waals surface area contributed by atoms with E-state index in [-0.39, 0.29) is 12.5 Å². The lowest BCUT2D eigenvalue weighted by atomic mass is 10.1. The fourth-order valence-electron chi connectivity index (χ4n) is 2.47. The Morgan fingerprint density at radius 1 is 1.22 bits per heavy atom. The highest BCUT2D eigenvalue weighted by molar-refractivity contribution is 7.20. The standard InChI is InChI=1S/C18H14ClN5O2S/c1-11-3-2-4-12(9-11)16-21-22-18-24(16)23-17(27-18)20-15(25)10-26-14-7-5-13(19)6-8-14/h2-9H,10H2,1H3,(H,20,23,25). The van der Waals surface area contributed by atoms with E-state index < -0.39 is 0 Å². The molecule has 0 aliphatic heterocycles. The van der Waals surface area contributed by atoms with E-state index in [1.807, 2.05) is 31.2 Å². The summed E-state index contributed by atoms with van der Waals surface area (Å²) in [6, 6.07) is 14.7. The predicted octanol–water partition coefficient (Wildman–Crippen LogP) is 3.83. The second kappa shape index (κ2) is 7.34. The number of amides is 1. The molecular weight excluding hydrogens is 386 g/mol. The van der Waals surface area contributed by atoms with Crippen molar-refractivity contribution >= 4 is 38.9 Å². The number of rotatable bonds is 5. The Hall–Kier alpha value is -2.97. The van der Waals surface area contributed by atoms with Gasteiger partial charge in [0, 0.05) is 10.6 Å². The number of aryl methyl sites for hydroxylation is 1. The van der Waals surface area contributed by atoms with Crippen LogP contribution in [0.4, 0.5) is 5.13 Å². The molecule has 1 amide bonds. The summed E-state index contributed by atoms with van der Waals surface area (Å²) in [4.78, 5) is 12.7. The summed E-state index contributed by atoms with van der Waals surface area (Å²) in [7, 11) is 0. The van der Waals surface area contributed by atoms with Crippen LogP contribution in [-0.2, 0) is 4.79 Å². The number of hydrogen-bond acceptors (Lipinski definition) is 6. The fraction of sp³-hybridized carbons (Fsp3) is 0.111.